The van der Waals surface area contributed by atoms with Gasteiger partial charge in [-0.1, -0.05) is 22.0 Å². The maximum atomic E-state index is 11.7. The molecule has 80 valence electrons. The Morgan fingerprint density at radius 3 is 2.57 bits per heavy atom. The monoisotopic (exact) mass is 280 g/mol. The van der Waals surface area contributed by atoms with Gasteiger partial charge >= 0.3 is 0 Å². The number of alkyl halides is 1. The predicted octanol–water partition coefficient (Wildman–Crippen LogP) is 0.772. The van der Waals surface area contributed by atoms with E-state index in [0.717, 1.165) is 0 Å². The maximum Gasteiger partial charge on any atom is 0.242 e. The summed E-state index contributed by atoms with van der Waals surface area (Å²) in [7, 11) is -0.362. The van der Waals surface area contributed by atoms with Crippen molar-refractivity contribution in [3.8, 4) is 0 Å². The highest BCUT2D eigenvalue weighted by atomic mass is 79.9. The molecule has 0 aromatic carbocycles. The summed E-state index contributed by atoms with van der Waals surface area (Å²) >= 11 is 3.33. The summed E-state index contributed by atoms with van der Waals surface area (Å²) in [5.41, 5.74) is 6.20. The Morgan fingerprint density at radius 2 is 2.14 bits per heavy atom. The minimum absolute atomic E-state index is 0.00257. The highest BCUT2D eigenvalue weighted by Gasteiger charge is 2.23. The van der Waals surface area contributed by atoms with Gasteiger partial charge in [0.2, 0.25) is 10.0 Å². The lowest BCUT2D eigenvalue weighted by molar-refractivity contribution is 0.528. The Morgan fingerprint density at radius 1 is 1.57 bits per heavy atom. The summed E-state index contributed by atoms with van der Waals surface area (Å²) in [4.78, 5) is 0.255. The topological polar surface area (TPSA) is 63.4 Å². The number of hydrogen-bond acceptors (Lipinski definition) is 3. The maximum absolute atomic E-state index is 11.7. The first-order chi connectivity index (χ1) is 6.34. The van der Waals surface area contributed by atoms with E-state index in [1.54, 1.807) is 6.08 Å². The SMILES string of the molecule is CN(C)S(=O)(=O)C1=CC(Br)CC(N)=C1. The van der Waals surface area contributed by atoms with Crippen LogP contribution < -0.4 is 5.73 Å². The van der Waals surface area contributed by atoms with Gasteiger partial charge in [-0.2, -0.15) is 0 Å². The van der Waals surface area contributed by atoms with E-state index in [9.17, 15) is 8.42 Å². The zero-order chi connectivity index (χ0) is 10.9. The largest absolute Gasteiger partial charge is 0.402 e. The number of rotatable bonds is 2. The third kappa shape index (κ3) is 2.37. The van der Waals surface area contributed by atoms with Crippen molar-refractivity contribution >= 4 is 26.0 Å². The van der Waals surface area contributed by atoms with Crippen LogP contribution in [0, 0.1) is 0 Å². The molecule has 0 heterocycles. The molecule has 0 aromatic heterocycles. The molecule has 6 heteroatoms. The molecule has 0 amide bonds. The number of sulfonamides is 1. The fourth-order valence-electron chi connectivity index (χ4n) is 1.12. The van der Waals surface area contributed by atoms with Gasteiger partial charge < -0.3 is 5.73 Å². The first-order valence-corrected chi connectivity index (χ1v) is 6.44. The lowest BCUT2D eigenvalue weighted by atomic mass is 10.1. The van der Waals surface area contributed by atoms with E-state index in [0.29, 0.717) is 12.1 Å². The minimum Gasteiger partial charge on any atom is -0.402 e. The quantitative estimate of drug-likeness (QED) is 0.760. The van der Waals surface area contributed by atoms with Crippen LogP contribution >= 0.6 is 15.9 Å². The van der Waals surface area contributed by atoms with Crippen LogP contribution in [0.4, 0.5) is 0 Å². The highest BCUT2D eigenvalue weighted by Crippen LogP contribution is 2.24. The van der Waals surface area contributed by atoms with E-state index in [1.165, 1.54) is 24.5 Å². The Kier molecular flexibility index (Phi) is 3.39. The van der Waals surface area contributed by atoms with Gasteiger partial charge in [0.1, 0.15) is 0 Å². The average Bonchev–Trinajstić information content (AvgIpc) is 2.01. The molecule has 1 unspecified atom stereocenters. The molecule has 1 rings (SSSR count). The average molecular weight is 281 g/mol. The van der Waals surface area contributed by atoms with Crippen molar-refractivity contribution in [1.29, 1.82) is 0 Å². The smallest absolute Gasteiger partial charge is 0.242 e. The van der Waals surface area contributed by atoms with Crippen LogP contribution in [0.2, 0.25) is 0 Å². The van der Waals surface area contributed by atoms with Crippen molar-refractivity contribution < 1.29 is 8.42 Å². The van der Waals surface area contributed by atoms with Crippen molar-refractivity contribution in [1.82, 2.24) is 4.31 Å². The molecule has 4 nitrogen and oxygen atoms in total. The molecule has 0 spiro atoms. The van der Waals surface area contributed by atoms with E-state index in [2.05, 4.69) is 15.9 Å². The van der Waals surface area contributed by atoms with Crippen molar-refractivity contribution in [2.75, 3.05) is 14.1 Å². The highest BCUT2D eigenvalue weighted by molar-refractivity contribution is 9.09. The number of hydrogen-bond donors (Lipinski definition) is 1. The van der Waals surface area contributed by atoms with Gasteiger partial charge in [-0.15, -0.1) is 0 Å². The second-order valence-corrected chi connectivity index (χ2v) is 6.62. The minimum atomic E-state index is -3.36. The number of nitrogens with zero attached hydrogens (tertiary/aromatic N) is 1. The van der Waals surface area contributed by atoms with E-state index in [-0.39, 0.29) is 9.73 Å². The van der Waals surface area contributed by atoms with Crippen LogP contribution in [0.3, 0.4) is 0 Å². The van der Waals surface area contributed by atoms with Gasteiger partial charge in [0.15, 0.2) is 0 Å². The van der Waals surface area contributed by atoms with Crippen LogP contribution in [0.15, 0.2) is 22.8 Å². The molecule has 0 saturated heterocycles. The van der Waals surface area contributed by atoms with Crippen LogP contribution in [-0.2, 0) is 10.0 Å². The number of allylic oxidation sites excluding steroid dienone is 3. The van der Waals surface area contributed by atoms with Gasteiger partial charge in [-0.3, -0.25) is 0 Å². The van der Waals surface area contributed by atoms with Crippen molar-refractivity contribution in [2.45, 2.75) is 11.2 Å². The predicted molar refractivity (Wildman–Crippen MR) is 60.3 cm³/mol. The van der Waals surface area contributed by atoms with E-state index in [1.807, 2.05) is 0 Å². The standard InChI is InChI=1S/C8H13BrN2O2S/c1-11(2)14(12,13)8-4-6(9)3-7(10)5-8/h4-6H,3,10H2,1-2H3. The molecule has 2 N–H and O–H groups in total. The summed E-state index contributed by atoms with van der Waals surface area (Å²) in [5, 5.41) is 0. The summed E-state index contributed by atoms with van der Waals surface area (Å²) in [6.07, 6.45) is 3.81. The van der Waals surface area contributed by atoms with Gasteiger partial charge in [-0.25, -0.2) is 12.7 Å². The van der Waals surface area contributed by atoms with Crippen LogP contribution in [0.25, 0.3) is 0 Å². The molecule has 0 saturated carbocycles. The molecule has 14 heavy (non-hydrogen) atoms. The third-order valence-corrected chi connectivity index (χ3v) is 4.28. The number of nitrogens with two attached hydrogens (primary N) is 1. The van der Waals surface area contributed by atoms with E-state index < -0.39 is 10.0 Å². The van der Waals surface area contributed by atoms with Gasteiger partial charge in [0, 0.05) is 31.0 Å². The molecule has 0 aliphatic heterocycles. The Balaban J connectivity index is 3.11. The Bertz CT molecular complexity index is 384. The van der Waals surface area contributed by atoms with Crippen LogP contribution in [0.1, 0.15) is 6.42 Å². The Hall–Kier alpha value is -0.330. The first-order valence-electron chi connectivity index (χ1n) is 4.08. The van der Waals surface area contributed by atoms with Crippen molar-refractivity contribution in [3.63, 3.8) is 0 Å². The number of halogens is 1. The lowest BCUT2D eigenvalue weighted by Gasteiger charge is -2.18. The summed E-state index contributed by atoms with van der Waals surface area (Å²) < 4.78 is 24.6. The zero-order valence-electron chi connectivity index (χ0n) is 8.07. The Labute approximate surface area is 92.6 Å². The van der Waals surface area contributed by atoms with E-state index in [4.69, 9.17) is 5.73 Å². The summed E-state index contributed by atoms with van der Waals surface area (Å²) in [5.74, 6) is 0. The van der Waals surface area contributed by atoms with Crippen molar-refractivity contribution in [2.24, 2.45) is 5.73 Å². The molecular weight excluding hydrogens is 268 g/mol. The third-order valence-electron chi connectivity index (χ3n) is 1.88. The molecule has 0 fully saturated rings. The van der Waals surface area contributed by atoms with Gasteiger partial charge in [0.05, 0.1) is 4.91 Å². The fourth-order valence-corrected chi connectivity index (χ4v) is 3.02. The first kappa shape index (κ1) is 11.7. The van der Waals surface area contributed by atoms with E-state index >= 15 is 0 Å². The molecule has 1 atom stereocenters. The fraction of sp³-hybridized carbons (Fsp3) is 0.500. The second-order valence-electron chi connectivity index (χ2n) is 3.30. The van der Waals surface area contributed by atoms with Crippen LogP contribution in [0.5, 0.6) is 0 Å². The van der Waals surface area contributed by atoms with Crippen LogP contribution in [-0.4, -0.2) is 31.6 Å². The zero-order valence-corrected chi connectivity index (χ0v) is 10.5. The lowest BCUT2D eigenvalue weighted by Crippen LogP contribution is -2.25. The normalized spacial score (nSPS) is 23.3. The molecule has 0 bridgehead atoms. The summed E-state index contributed by atoms with van der Waals surface area (Å²) in [6.45, 7) is 0. The second kappa shape index (κ2) is 4.04. The molecule has 1 aliphatic carbocycles. The molecular formula is C8H13BrN2O2S. The molecule has 0 aromatic rings. The van der Waals surface area contributed by atoms with Gasteiger partial charge in [0.25, 0.3) is 0 Å². The van der Waals surface area contributed by atoms with Crippen molar-refractivity contribution in [3.05, 3.63) is 22.8 Å². The molecule has 1 aliphatic rings. The molecule has 0 radical (unpaired) electrons. The summed E-state index contributed by atoms with van der Waals surface area (Å²) in [6, 6.07) is 0. The van der Waals surface area contributed by atoms with Gasteiger partial charge in [-0.05, 0) is 6.08 Å².